The van der Waals surface area contributed by atoms with Crippen molar-refractivity contribution < 1.29 is 62.3 Å². The van der Waals surface area contributed by atoms with Gasteiger partial charge in [0.1, 0.15) is 6.04 Å². The van der Waals surface area contributed by atoms with Gasteiger partial charge in [0.05, 0.1) is 39.3 Å². The van der Waals surface area contributed by atoms with Gasteiger partial charge in [0.25, 0.3) is 11.8 Å². The summed E-state index contributed by atoms with van der Waals surface area (Å²) in [6.07, 6.45) is 4.95. The molecule has 25 nitrogen and oxygen atoms in total. The predicted molar refractivity (Wildman–Crippen MR) is 211 cm³/mol. The fourth-order valence-electron chi connectivity index (χ4n) is 5.01. The number of carbonyl (C=O) groups excluding carboxylic acids is 13. The zero-order valence-corrected chi connectivity index (χ0v) is 33.8. The van der Waals surface area contributed by atoms with Gasteiger partial charge in [-0.05, 0) is 44.9 Å². The van der Waals surface area contributed by atoms with Crippen LogP contribution in [0.5, 0.6) is 0 Å². The summed E-state index contributed by atoms with van der Waals surface area (Å²) in [6, 6.07) is -1.14. The van der Waals surface area contributed by atoms with Crippen molar-refractivity contribution in [3.8, 4) is 0 Å². The summed E-state index contributed by atoms with van der Waals surface area (Å²) in [6.45, 7) is -2.90. The topological polar surface area (TPSA) is 385 Å². The van der Waals surface area contributed by atoms with Crippen LogP contribution < -0.4 is 59.3 Å². The zero-order chi connectivity index (χ0) is 45.6. The van der Waals surface area contributed by atoms with Gasteiger partial charge in [0.2, 0.25) is 65.0 Å². The van der Waals surface area contributed by atoms with Crippen molar-refractivity contribution in [3.05, 3.63) is 12.2 Å². The predicted octanol–water partition coefficient (Wildman–Crippen LogP) is -6.41. The maximum Gasteiger partial charge on any atom is 0.253 e. The molecule has 25 heteroatoms. The lowest BCUT2D eigenvalue weighted by Gasteiger charge is -2.20. The maximum absolute atomic E-state index is 13.0. The minimum absolute atomic E-state index is 0.0592. The highest BCUT2D eigenvalue weighted by molar-refractivity contribution is 6.12. The van der Waals surface area contributed by atoms with E-state index in [0.29, 0.717) is 32.1 Å². The lowest BCUT2D eigenvalue weighted by molar-refractivity contribution is -0.137. The smallest absolute Gasteiger partial charge is 0.253 e. The van der Waals surface area contributed by atoms with E-state index in [2.05, 4.69) is 47.9 Å². The summed E-state index contributed by atoms with van der Waals surface area (Å²) in [7, 11) is 0. The summed E-state index contributed by atoms with van der Waals surface area (Å²) < 4.78 is 0. The number of nitrogens with zero attached hydrogens (tertiary/aromatic N) is 1. The van der Waals surface area contributed by atoms with E-state index in [1.165, 1.54) is 0 Å². The Labute approximate surface area is 350 Å². The third-order valence-electron chi connectivity index (χ3n) is 8.26. The average Bonchev–Trinajstić information content (AvgIpc) is 3.53. The van der Waals surface area contributed by atoms with Crippen LogP contribution in [-0.4, -0.2) is 147 Å². The van der Waals surface area contributed by atoms with Crippen molar-refractivity contribution in [2.24, 2.45) is 11.5 Å². The Balaban J connectivity index is 2.45. The molecule has 0 aromatic carbocycles. The minimum Gasteiger partial charge on any atom is -0.370 e. The van der Waals surface area contributed by atoms with Crippen LogP contribution in [-0.2, 0) is 62.3 Å². The number of nitrogens with one attached hydrogen (secondary N) is 9. The van der Waals surface area contributed by atoms with Crippen LogP contribution in [0.1, 0.15) is 70.6 Å². The molecule has 0 spiro atoms. The van der Waals surface area contributed by atoms with Crippen molar-refractivity contribution >= 4 is 76.8 Å². The summed E-state index contributed by atoms with van der Waals surface area (Å²) in [4.78, 5) is 156. The minimum atomic E-state index is -1.14. The van der Waals surface area contributed by atoms with Gasteiger partial charge in [0, 0.05) is 57.5 Å². The molecule has 0 aromatic heterocycles. The van der Waals surface area contributed by atoms with Gasteiger partial charge in [-0.25, -0.2) is 0 Å². The fourth-order valence-corrected chi connectivity index (χ4v) is 5.01. The van der Waals surface area contributed by atoms with Crippen molar-refractivity contribution in [3.63, 3.8) is 0 Å². The molecule has 1 aliphatic rings. The third-order valence-corrected chi connectivity index (χ3v) is 8.26. The van der Waals surface area contributed by atoms with Gasteiger partial charge in [-0.1, -0.05) is 0 Å². The molecular formula is C36H56N12O13. The van der Waals surface area contributed by atoms with Crippen LogP contribution in [0.15, 0.2) is 12.2 Å². The average molecular weight is 865 g/mol. The van der Waals surface area contributed by atoms with E-state index in [1.54, 1.807) is 0 Å². The molecule has 0 fully saturated rings. The van der Waals surface area contributed by atoms with Gasteiger partial charge in [-0.2, -0.15) is 0 Å². The van der Waals surface area contributed by atoms with Crippen molar-refractivity contribution in [2.75, 3.05) is 58.9 Å². The molecule has 0 saturated carbocycles. The molecule has 0 bridgehead atoms. The van der Waals surface area contributed by atoms with E-state index in [9.17, 15) is 62.3 Å². The quantitative estimate of drug-likeness (QED) is 0.0222. The number of unbranched alkanes of at least 4 members (excludes halogenated alkanes) is 3. The number of rotatable bonds is 32. The van der Waals surface area contributed by atoms with Gasteiger partial charge < -0.3 is 59.3 Å². The second-order valence-corrected chi connectivity index (χ2v) is 13.4. The first-order valence-electron chi connectivity index (χ1n) is 19.5. The maximum atomic E-state index is 13.0. The highest BCUT2D eigenvalue weighted by atomic mass is 16.2. The number of hydrogen-bond donors (Lipinski definition) is 11. The fraction of sp³-hybridized carbons (Fsp3) is 0.583. The lowest BCUT2D eigenvalue weighted by atomic mass is 10.1. The summed E-state index contributed by atoms with van der Waals surface area (Å²) >= 11 is 0. The summed E-state index contributed by atoms with van der Waals surface area (Å²) in [5, 5.41) is 21.5. The molecule has 1 aliphatic heterocycles. The Morgan fingerprint density at radius 2 is 0.820 bits per heavy atom. The molecule has 338 valence electrons. The Morgan fingerprint density at radius 1 is 0.443 bits per heavy atom. The summed E-state index contributed by atoms with van der Waals surface area (Å²) in [5.74, 6) is -7.63. The number of amides is 13. The van der Waals surface area contributed by atoms with E-state index in [-0.39, 0.29) is 64.7 Å². The second kappa shape index (κ2) is 30.1. The molecule has 0 aliphatic carbocycles. The third kappa shape index (κ3) is 26.6. The summed E-state index contributed by atoms with van der Waals surface area (Å²) in [5.41, 5.74) is 10.1. The first kappa shape index (κ1) is 52.1. The van der Waals surface area contributed by atoms with Gasteiger partial charge in [0.15, 0.2) is 0 Å². The largest absolute Gasteiger partial charge is 0.370 e. The molecular weight excluding hydrogens is 808 g/mol. The molecule has 1 rings (SSSR count). The van der Waals surface area contributed by atoms with Gasteiger partial charge >= 0.3 is 0 Å². The first-order chi connectivity index (χ1) is 29.0. The van der Waals surface area contributed by atoms with E-state index in [1.807, 2.05) is 0 Å². The van der Waals surface area contributed by atoms with E-state index in [0.717, 1.165) is 17.1 Å². The Kier molecular flexibility index (Phi) is 25.7. The zero-order valence-electron chi connectivity index (χ0n) is 33.8. The molecule has 13 N–H and O–H groups in total. The van der Waals surface area contributed by atoms with Crippen molar-refractivity contribution in [1.29, 1.82) is 0 Å². The Bertz CT molecular complexity index is 1630. The molecule has 1 atom stereocenters. The second-order valence-electron chi connectivity index (χ2n) is 13.4. The SMILES string of the molecule is NC(=O)CCCCC(=O)NCC(=O)NCC(=O)NCC(=O)NCCCCC(NC(=O)CNC(=O)CNC(=O)CNC(=O)CCCCC(N)=O)C(=O)NCCN1C(=O)C=CC1=O. The van der Waals surface area contributed by atoms with Gasteiger partial charge in [-0.3, -0.25) is 67.2 Å². The molecule has 61 heavy (non-hydrogen) atoms. The number of hydrogen-bond acceptors (Lipinski definition) is 13. The lowest BCUT2D eigenvalue weighted by Crippen LogP contribution is -2.51. The number of imide groups is 1. The van der Waals surface area contributed by atoms with Crippen LogP contribution >= 0.6 is 0 Å². The molecule has 0 aromatic rings. The monoisotopic (exact) mass is 864 g/mol. The van der Waals surface area contributed by atoms with E-state index < -0.39 is 116 Å². The van der Waals surface area contributed by atoms with Gasteiger partial charge in [-0.15, -0.1) is 0 Å². The standard InChI is InChI=1S/C36H56N12O13/c37-24(49)8-1-3-10-26(51)41-18-29(54)44-20-31(56)43-17-28(53)39-14-6-5-7-23(36(61)40-15-16-48-34(59)12-13-35(48)60)47-33(58)22-46-32(57)21-45-30(55)19-42-27(52)11-4-2-9-25(38)50/h12-13,23H,1-11,14-22H2,(H2,37,49)(H2,38,50)(H,39,53)(H,40,61)(H,41,51)(H,42,52)(H,43,56)(H,44,54)(H,45,55)(H,46,57)(H,47,58). The van der Waals surface area contributed by atoms with Crippen molar-refractivity contribution in [1.82, 2.24) is 52.8 Å². The highest BCUT2D eigenvalue weighted by Gasteiger charge is 2.25. The Morgan fingerprint density at radius 3 is 1.25 bits per heavy atom. The number of primary amides is 2. The van der Waals surface area contributed by atoms with Crippen molar-refractivity contribution in [2.45, 2.75) is 76.7 Å². The molecule has 0 radical (unpaired) electrons. The first-order valence-corrected chi connectivity index (χ1v) is 19.5. The molecule has 13 amide bonds. The number of carbonyl (C=O) groups is 13. The molecule has 0 saturated heterocycles. The Hall–Kier alpha value is -6.95. The van der Waals surface area contributed by atoms with Crippen LogP contribution in [0.25, 0.3) is 0 Å². The van der Waals surface area contributed by atoms with Crippen LogP contribution in [0.4, 0.5) is 0 Å². The highest BCUT2D eigenvalue weighted by Crippen LogP contribution is 2.04. The van der Waals surface area contributed by atoms with Crippen LogP contribution in [0.2, 0.25) is 0 Å². The normalized spacial score (nSPS) is 12.0. The van der Waals surface area contributed by atoms with Crippen LogP contribution in [0, 0.1) is 0 Å². The van der Waals surface area contributed by atoms with E-state index in [4.69, 9.17) is 11.5 Å². The van der Waals surface area contributed by atoms with Crippen LogP contribution in [0.3, 0.4) is 0 Å². The number of nitrogens with two attached hydrogens (primary N) is 2. The molecule has 1 unspecified atom stereocenters. The molecule has 1 heterocycles. The van der Waals surface area contributed by atoms with E-state index >= 15 is 0 Å².